The number of carbonyl (C=O) groups excluding carboxylic acids is 1. The fourth-order valence-corrected chi connectivity index (χ4v) is 1.31. The summed E-state index contributed by atoms with van der Waals surface area (Å²) in [7, 11) is 0. The second-order valence-electron chi connectivity index (χ2n) is 3.31. The van der Waals surface area contributed by atoms with Gasteiger partial charge in [0, 0.05) is 5.56 Å². The van der Waals surface area contributed by atoms with Crippen LogP contribution in [0.2, 0.25) is 0 Å². The number of nitrogens with two attached hydrogens (primary N) is 1. The molecule has 2 N–H and O–H groups in total. The molecule has 0 aliphatic heterocycles. The van der Waals surface area contributed by atoms with E-state index in [9.17, 15) is 13.6 Å². The van der Waals surface area contributed by atoms with Gasteiger partial charge in [-0.1, -0.05) is 23.4 Å². The van der Waals surface area contributed by atoms with Gasteiger partial charge in [0.2, 0.25) is 6.30 Å². The van der Waals surface area contributed by atoms with Crippen LogP contribution in [0.25, 0.3) is 0 Å². The van der Waals surface area contributed by atoms with Gasteiger partial charge in [-0.15, -0.1) is 5.10 Å². The minimum atomic E-state index is -1.85. The third kappa shape index (κ3) is 2.12. The lowest BCUT2D eigenvalue weighted by Gasteiger charge is -2.08. The van der Waals surface area contributed by atoms with Crippen LogP contribution in [-0.2, 0) is 0 Å². The van der Waals surface area contributed by atoms with Gasteiger partial charge in [-0.25, -0.2) is 13.5 Å². The van der Waals surface area contributed by atoms with Crippen LogP contribution in [0.3, 0.4) is 0 Å². The maximum atomic E-state index is 13.9. The van der Waals surface area contributed by atoms with Crippen LogP contribution >= 0.6 is 0 Å². The zero-order valence-corrected chi connectivity index (χ0v) is 8.55. The molecular weight excluding hydrogens is 230 g/mol. The molecule has 0 saturated carbocycles. The van der Waals surface area contributed by atoms with Crippen LogP contribution in [0.5, 0.6) is 0 Å². The molecule has 0 saturated heterocycles. The molecule has 1 atom stereocenters. The Balaban J connectivity index is 2.34. The SMILES string of the molecule is NC(=O)c1cn(C(F)c2ccccc2F)nn1. The number of halogens is 2. The number of nitrogens with zero attached hydrogens (tertiary/aromatic N) is 3. The Morgan fingerprint density at radius 2 is 2.12 bits per heavy atom. The molecule has 0 bridgehead atoms. The van der Waals surface area contributed by atoms with Gasteiger partial charge in [-0.05, 0) is 6.07 Å². The molecule has 1 aromatic heterocycles. The first-order valence-corrected chi connectivity index (χ1v) is 4.69. The van der Waals surface area contributed by atoms with E-state index < -0.39 is 18.0 Å². The van der Waals surface area contributed by atoms with Crippen molar-refractivity contribution in [2.45, 2.75) is 6.30 Å². The Kier molecular flexibility index (Phi) is 2.82. The zero-order chi connectivity index (χ0) is 12.4. The van der Waals surface area contributed by atoms with Crippen LogP contribution in [0.15, 0.2) is 30.5 Å². The highest BCUT2D eigenvalue weighted by atomic mass is 19.1. The van der Waals surface area contributed by atoms with E-state index in [1.165, 1.54) is 18.2 Å². The Hall–Kier alpha value is -2.31. The number of hydrogen-bond acceptors (Lipinski definition) is 3. The van der Waals surface area contributed by atoms with Gasteiger partial charge in [-0.3, -0.25) is 4.79 Å². The average molecular weight is 238 g/mol. The number of rotatable bonds is 3. The highest BCUT2D eigenvalue weighted by molar-refractivity contribution is 5.90. The van der Waals surface area contributed by atoms with Gasteiger partial charge >= 0.3 is 0 Å². The number of hydrogen-bond donors (Lipinski definition) is 1. The minimum absolute atomic E-state index is 0.177. The summed E-state index contributed by atoms with van der Waals surface area (Å²) in [6.07, 6.45) is -0.823. The van der Waals surface area contributed by atoms with Gasteiger partial charge in [0.05, 0.1) is 6.20 Å². The highest BCUT2D eigenvalue weighted by Crippen LogP contribution is 2.21. The predicted octanol–water partition coefficient (Wildman–Crippen LogP) is 1.03. The molecule has 0 aliphatic carbocycles. The third-order valence-electron chi connectivity index (χ3n) is 2.16. The smallest absolute Gasteiger partial charge is 0.270 e. The molecule has 0 aliphatic rings. The van der Waals surface area contributed by atoms with Gasteiger partial charge in [0.15, 0.2) is 5.69 Å². The molecule has 0 radical (unpaired) electrons. The number of carbonyl (C=O) groups is 1. The predicted molar refractivity (Wildman–Crippen MR) is 54.2 cm³/mol. The van der Waals surface area contributed by atoms with Crippen molar-refractivity contribution in [3.63, 3.8) is 0 Å². The zero-order valence-electron chi connectivity index (χ0n) is 8.55. The number of amides is 1. The fraction of sp³-hybridized carbons (Fsp3) is 0.100. The average Bonchev–Trinajstić information content (AvgIpc) is 2.78. The van der Waals surface area contributed by atoms with E-state index in [0.717, 1.165) is 16.9 Å². The third-order valence-corrected chi connectivity index (χ3v) is 2.16. The van der Waals surface area contributed by atoms with Gasteiger partial charge in [-0.2, -0.15) is 0 Å². The topological polar surface area (TPSA) is 73.8 Å². The summed E-state index contributed by atoms with van der Waals surface area (Å²) in [5, 5.41) is 6.75. The maximum Gasteiger partial charge on any atom is 0.270 e. The summed E-state index contributed by atoms with van der Waals surface area (Å²) in [5.41, 5.74) is 4.58. The second-order valence-corrected chi connectivity index (χ2v) is 3.31. The molecule has 5 nitrogen and oxygen atoms in total. The normalized spacial score (nSPS) is 12.4. The molecule has 0 fully saturated rings. The monoisotopic (exact) mass is 238 g/mol. The molecule has 1 heterocycles. The molecule has 7 heteroatoms. The Morgan fingerprint density at radius 3 is 2.71 bits per heavy atom. The number of alkyl halides is 1. The molecule has 2 aromatic rings. The molecule has 2 rings (SSSR count). The van der Waals surface area contributed by atoms with Crippen molar-refractivity contribution >= 4 is 5.91 Å². The van der Waals surface area contributed by atoms with E-state index in [0.29, 0.717) is 0 Å². The molecule has 88 valence electrons. The van der Waals surface area contributed by atoms with Crippen molar-refractivity contribution in [2.24, 2.45) is 5.73 Å². The largest absolute Gasteiger partial charge is 0.364 e. The van der Waals surface area contributed by atoms with E-state index in [4.69, 9.17) is 5.73 Å². The van der Waals surface area contributed by atoms with Crippen LogP contribution in [-0.4, -0.2) is 20.9 Å². The van der Waals surface area contributed by atoms with Crippen molar-refractivity contribution in [1.82, 2.24) is 15.0 Å². The van der Waals surface area contributed by atoms with Crippen molar-refractivity contribution < 1.29 is 13.6 Å². The lowest BCUT2D eigenvalue weighted by atomic mass is 10.2. The van der Waals surface area contributed by atoms with Crippen LogP contribution in [0.1, 0.15) is 22.3 Å². The number of aromatic nitrogens is 3. The second kappa shape index (κ2) is 4.28. The number of benzene rings is 1. The highest BCUT2D eigenvalue weighted by Gasteiger charge is 2.18. The number of primary amides is 1. The Morgan fingerprint density at radius 1 is 1.41 bits per heavy atom. The van der Waals surface area contributed by atoms with E-state index >= 15 is 0 Å². The summed E-state index contributed by atoms with van der Waals surface area (Å²) in [5.74, 6) is -1.52. The van der Waals surface area contributed by atoms with Crippen molar-refractivity contribution in [2.75, 3.05) is 0 Å². The lowest BCUT2D eigenvalue weighted by Crippen LogP contribution is -2.11. The first-order valence-electron chi connectivity index (χ1n) is 4.69. The molecule has 0 spiro atoms. The standard InChI is InChI=1S/C10H8F2N4O/c11-7-4-2-1-3-6(7)9(12)16-5-8(10(13)17)14-15-16/h1-5,9H,(H2,13,17). The van der Waals surface area contributed by atoms with Crippen LogP contribution in [0, 0.1) is 5.82 Å². The summed E-state index contributed by atoms with van der Waals surface area (Å²) in [6, 6.07) is 5.36. The molecule has 17 heavy (non-hydrogen) atoms. The summed E-state index contributed by atoms with van der Waals surface area (Å²) < 4.78 is 27.9. The van der Waals surface area contributed by atoms with Gasteiger partial charge in [0.25, 0.3) is 5.91 Å². The molecule has 1 unspecified atom stereocenters. The first kappa shape index (κ1) is 11.2. The molecule has 1 amide bonds. The van der Waals surface area contributed by atoms with Crippen molar-refractivity contribution in [1.29, 1.82) is 0 Å². The van der Waals surface area contributed by atoms with Crippen molar-refractivity contribution in [3.05, 3.63) is 47.5 Å². The Labute approximate surface area is 94.8 Å². The first-order chi connectivity index (χ1) is 8.09. The van der Waals surface area contributed by atoms with Gasteiger partial charge in [0.1, 0.15) is 5.82 Å². The van der Waals surface area contributed by atoms with E-state index in [1.807, 2.05) is 0 Å². The summed E-state index contributed by atoms with van der Waals surface area (Å²) >= 11 is 0. The van der Waals surface area contributed by atoms with Crippen LogP contribution in [0.4, 0.5) is 8.78 Å². The minimum Gasteiger partial charge on any atom is -0.364 e. The van der Waals surface area contributed by atoms with E-state index in [-0.39, 0.29) is 11.3 Å². The Bertz CT molecular complexity index is 555. The quantitative estimate of drug-likeness (QED) is 0.867. The van der Waals surface area contributed by atoms with E-state index in [1.54, 1.807) is 0 Å². The summed E-state index contributed by atoms with van der Waals surface area (Å²) in [4.78, 5) is 10.8. The van der Waals surface area contributed by atoms with E-state index in [2.05, 4.69) is 10.3 Å². The summed E-state index contributed by atoms with van der Waals surface area (Å²) in [6.45, 7) is 0. The maximum absolute atomic E-state index is 13.9. The van der Waals surface area contributed by atoms with Crippen LogP contribution < -0.4 is 5.73 Å². The van der Waals surface area contributed by atoms with Gasteiger partial charge < -0.3 is 5.73 Å². The van der Waals surface area contributed by atoms with Crippen molar-refractivity contribution in [3.8, 4) is 0 Å². The molecular formula is C10H8F2N4O. The fourth-order valence-electron chi connectivity index (χ4n) is 1.31. The molecule has 1 aromatic carbocycles. The lowest BCUT2D eigenvalue weighted by molar-refractivity contribution is 0.0995.